The Bertz CT molecular complexity index is 2010. The SMILES string of the molecule is CO[C@H]1C[C@@H]2CC[C@@H](C)[C@@](O)(O2)C(=O)C(=O)N2CCCC[C@H]2C(=O)O[C@H](C(C)C[C@@H]2CC[C@@H](OC(=O)C(C)(CO)CO)[C@H](OC)C2)CC(=O)[C@H](C)/C=C(\C)[C@@H](O)[C@@H](OC)C(=O)[C@H](C)C[C@H](C)/C=C/C=C/C=C/1C. The second-order valence-corrected chi connectivity index (χ2v) is 21.8. The van der Waals surface area contributed by atoms with Gasteiger partial charge in [-0.3, -0.25) is 24.0 Å². The van der Waals surface area contributed by atoms with Crippen LogP contribution in [0, 0.1) is 40.9 Å². The van der Waals surface area contributed by atoms with Gasteiger partial charge in [-0.15, -0.1) is 0 Å². The maximum Gasteiger partial charge on any atom is 0.329 e. The first kappa shape index (κ1) is 61.6. The summed E-state index contributed by atoms with van der Waals surface area (Å²) in [6.07, 6.45) is 9.76. The van der Waals surface area contributed by atoms with E-state index in [2.05, 4.69) is 0 Å². The van der Waals surface area contributed by atoms with Gasteiger partial charge in [0, 0.05) is 58.5 Å². The van der Waals surface area contributed by atoms with Gasteiger partial charge in [0.2, 0.25) is 5.79 Å². The van der Waals surface area contributed by atoms with Crippen molar-refractivity contribution in [1.82, 2.24) is 4.90 Å². The number of allylic oxidation sites excluding steroid dienone is 6. The number of aliphatic hydroxyl groups is 4. The Morgan fingerprint density at radius 2 is 1.56 bits per heavy atom. The van der Waals surface area contributed by atoms with E-state index in [1.165, 1.54) is 21.1 Å². The number of esters is 2. The van der Waals surface area contributed by atoms with Crippen molar-refractivity contribution in [2.45, 2.75) is 187 Å². The van der Waals surface area contributed by atoms with E-state index in [1.807, 2.05) is 51.2 Å². The molecule has 0 spiro atoms. The highest BCUT2D eigenvalue weighted by Gasteiger charge is 2.53. The highest BCUT2D eigenvalue weighted by molar-refractivity contribution is 6.39. The molecule has 0 aromatic carbocycles. The summed E-state index contributed by atoms with van der Waals surface area (Å²) >= 11 is 0. The van der Waals surface area contributed by atoms with E-state index in [1.54, 1.807) is 40.9 Å². The number of amides is 1. The van der Waals surface area contributed by atoms with Gasteiger partial charge in [0.05, 0.1) is 31.5 Å². The largest absolute Gasteiger partial charge is 0.460 e. The summed E-state index contributed by atoms with van der Waals surface area (Å²) in [5.41, 5.74) is -0.277. The van der Waals surface area contributed by atoms with Gasteiger partial charge in [-0.25, -0.2) is 4.79 Å². The van der Waals surface area contributed by atoms with Crippen LogP contribution in [0.4, 0.5) is 0 Å². The fourth-order valence-corrected chi connectivity index (χ4v) is 10.7. The molecule has 2 bridgehead atoms. The Labute approximate surface area is 433 Å². The predicted octanol–water partition coefficient (Wildman–Crippen LogP) is 5.72. The third-order valence-electron chi connectivity index (χ3n) is 15.9. The Hall–Kier alpha value is -3.94. The van der Waals surface area contributed by atoms with Crippen LogP contribution in [0.3, 0.4) is 0 Å². The number of Topliss-reactive ketones (excluding diaryl/α,β-unsaturated/α-hetero) is 3. The minimum absolute atomic E-state index is 0.00697. The number of ether oxygens (including phenoxy) is 6. The quantitative estimate of drug-likeness (QED) is 0.116. The second kappa shape index (κ2) is 28.3. The number of methoxy groups -OCH3 is 3. The van der Waals surface area contributed by atoms with Crippen molar-refractivity contribution in [3.8, 4) is 0 Å². The summed E-state index contributed by atoms with van der Waals surface area (Å²) in [6, 6.07) is -1.20. The summed E-state index contributed by atoms with van der Waals surface area (Å²) in [7, 11) is 4.43. The van der Waals surface area contributed by atoms with Crippen LogP contribution in [0.1, 0.15) is 132 Å². The van der Waals surface area contributed by atoms with E-state index in [0.29, 0.717) is 69.8 Å². The van der Waals surface area contributed by atoms with Gasteiger partial charge in [-0.05, 0) is 114 Å². The van der Waals surface area contributed by atoms with Crippen molar-refractivity contribution in [2.24, 2.45) is 40.9 Å². The molecule has 3 aliphatic heterocycles. The van der Waals surface area contributed by atoms with Crippen molar-refractivity contribution in [3.63, 3.8) is 0 Å². The summed E-state index contributed by atoms with van der Waals surface area (Å²) in [5, 5.41) is 43.1. The van der Waals surface area contributed by atoms with Gasteiger partial charge in [-0.1, -0.05) is 71.1 Å². The van der Waals surface area contributed by atoms with E-state index in [0.717, 1.165) is 10.5 Å². The van der Waals surface area contributed by atoms with Crippen LogP contribution in [0.5, 0.6) is 0 Å². The molecule has 3 heterocycles. The molecule has 4 aliphatic rings. The fraction of sp³-hybridized carbons (Fsp3) is 0.750. The lowest BCUT2D eigenvalue weighted by atomic mass is 9.78. The molecule has 1 saturated carbocycles. The Morgan fingerprint density at radius 3 is 2.21 bits per heavy atom. The molecule has 1 amide bonds. The summed E-state index contributed by atoms with van der Waals surface area (Å²) < 4.78 is 35.4. The lowest BCUT2D eigenvalue weighted by Gasteiger charge is -2.42. The van der Waals surface area contributed by atoms with Gasteiger partial charge >= 0.3 is 11.9 Å². The van der Waals surface area contributed by atoms with Crippen molar-refractivity contribution in [2.75, 3.05) is 41.1 Å². The van der Waals surface area contributed by atoms with Crippen LogP contribution >= 0.6 is 0 Å². The minimum Gasteiger partial charge on any atom is -0.460 e. The minimum atomic E-state index is -2.47. The zero-order valence-corrected chi connectivity index (χ0v) is 45.3. The Kier molecular flexibility index (Phi) is 23.9. The molecule has 15 atom stereocenters. The molecule has 4 rings (SSSR count). The number of carbonyl (C=O) groups is 6. The zero-order valence-electron chi connectivity index (χ0n) is 45.3. The molecule has 0 aromatic heterocycles. The molecule has 17 nitrogen and oxygen atoms in total. The number of piperidine rings is 1. The van der Waals surface area contributed by atoms with E-state index in [-0.39, 0.29) is 42.8 Å². The average molecular weight is 1030 g/mol. The highest BCUT2D eigenvalue weighted by atomic mass is 16.6. The highest BCUT2D eigenvalue weighted by Crippen LogP contribution is 2.38. The van der Waals surface area contributed by atoms with Crippen LogP contribution in [0.2, 0.25) is 0 Å². The molecule has 1 aliphatic carbocycles. The van der Waals surface area contributed by atoms with Crippen LogP contribution in [0.15, 0.2) is 47.6 Å². The zero-order chi connectivity index (χ0) is 54.4. The standard InChI is InChI=1S/C56H87NO16/c1-33-17-13-12-14-18-34(2)45(68-9)29-41-22-20-39(7)56(67,73-41)51(63)52(64)57-24-16-15-19-42(57)53(65)71-46(30-43(60)35(3)26-38(6)49(62)50(70-11)48(61)37(5)25-33)36(4)27-40-21-23-44(47(28-40)69-10)72-54(66)55(8,31-58)32-59/h12-14,17-18,26,33,35-37,39-42,44-47,49-50,58-59,62,67H,15-16,19-25,27-32H2,1-11H3/b14-12+,17-13+,34-18+,38-26+/t33-,35-,36?,37-,39-,40+,41+,42+,44-,45+,46+,47-,49-,50+,56-/m1/s1. The van der Waals surface area contributed by atoms with Crippen molar-refractivity contribution in [1.29, 1.82) is 0 Å². The van der Waals surface area contributed by atoms with Crippen molar-refractivity contribution >= 4 is 35.2 Å². The smallest absolute Gasteiger partial charge is 0.329 e. The van der Waals surface area contributed by atoms with E-state index < -0.39 is 120 Å². The Morgan fingerprint density at radius 1 is 0.863 bits per heavy atom. The van der Waals surface area contributed by atoms with Crippen molar-refractivity contribution in [3.05, 3.63) is 47.6 Å². The van der Waals surface area contributed by atoms with Gasteiger partial charge in [0.25, 0.3) is 11.7 Å². The number of cyclic esters (lactones) is 1. The molecule has 73 heavy (non-hydrogen) atoms. The molecule has 3 fully saturated rings. The Balaban J connectivity index is 1.69. The van der Waals surface area contributed by atoms with Crippen LogP contribution in [-0.4, -0.2) is 156 Å². The third kappa shape index (κ3) is 16.0. The van der Waals surface area contributed by atoms with E-state index >= 15 is 0 Å². The fourth-order valence-electron chi connectivity index (χ4n) is 10.7. The normalized spacial score (nSPS) is 37.4. The molecular weight excluding hydrogens is 943 g/mol. The maximum absolute atomic E-state index is 14.5. The first-order chi connectivity index (χ1) is 34.5. The summed E-state index contributed by atoms with van der Waals surface area (Å²) in [6.45, 7) is 12.7. The van der Waals surface area contributed by atoms with Crippen LogP contribution < -0.4 is 0 Å². The second-order valence-electron chi connectivity index (χ2n) is 21.8. The average Bonchev–Trinajstić information content (AvgIpc) is 3.37. The topological polar surface area (TPSA) is 242 Å². The number of fused-ring (bicyclic) bond motifs is 3. The third-order valence-corrected chi connectivity index (χ3v) is 15.9. The summed E-state index contributed by atoms with van der Waals surface area (Å²) in [5.74, 6) is -9.36. The molecule has 17 heteroatoms. The van der Waals surface area contributed by atoms with Gasteiger partial charge in [0.15, 0.2) is 5.78 Å². The predicted molar refractivity (Wildman–Crippen MR) is 271 cm³/mol. The summed E-state index contributed by atoms with van der Waals surface area (Å²) in [4.78, 5) is 85.4. The molecule has 0 radical (unpaired) electrons. The first-order valence-electron chi connectivity index (χ1n) is 26.4. The van der Waals surface area contributed by atoms with Crippen LogP contribution in [0.25, 0.3) is 0 Å². The van der Waals surface area contributed by atoms with Gasteiger partial charge in [-0.2, -0.15) is 0 Å². The molecule has 2 saturated heterocycles. The lowest BCUT2D eigenvalue weighted by Crippen LogP contribution is -2.61. The number of carbonyl (C=O) groups excluding carboxylic acids is 6. The monoisotopic (exact) mass is 1030 g/mol. The van der Waals surface area contributed by atoms with Crippen LogP contribution in [-0.2, 0) is 57.2 Å². The molecule has 4 N–H and O–H groups in total. The van der Waals surface area contributed by atoms with Crippen molar-refractivity contribution < 1.29 is 77.6 Å². The molecule has 1 unspecified atom stereocenters. The number of hydrogen-bond acceptors (Lipinski definition) is 16. The molecular formula is C56H87NO16. The number of ketones is 3. The maximum atomic E-state index is 14.5. The number of rotatable bonds is 10. The molecule has 412 valence electrons. The number of aliphatic hydroxyl groups excluding tert-OH is 3. The first-order valence-corrected chi connectivity index (χ1v) is 26.4. The van der Waals surface area contributed by atoms with E-state index in [4.69, 9.17) is 28.4 Å². The number of hydrogen-bond donors (Lipinski definition) is 4. The number of nitrogens with zero attached hydrogens (tertiary/aromatic N) is 1. The van der Waals surface area contributed by atoms with E-state index in [9.17, 15) is 49.2 Å². The lowest BCUT2D eigenvalue weighted by molar-refractivity contribution is -0.265. The van der Waals surface area contributed by atoms with Gasteiger partial charge in [0.1, 0.15) is 41.7 Å². The van der Waals surface area contributed by atoms with Gasteiger partial charge < -0.3 is 53.7 Å². The molecule has 0 aromatic rings.